The third kappa shape index (κ3) is 1.83. The van der Waals surface area contributed by atoms with E-state index in [1.54, 1.807) is 24.3 Å². The maximum absolute atomic E-state index is 13.2. The first-order chi connectivity index (χ1) is 8.54. The lowest BCUT2D eigenvalue weighted by Crippen LogP contribution is -2.22. The summed E-state index contributed by atoms with van der Waals surface area (Å²) in [4.78, 5) is 0. The van der Waals surface area contributed by atoms with Gasteiger partial charge < -0.3 is 5.32 Å². The number of alkyl halides is 3. The summed E-state index contributed by atoms with van der Waals surface area (Å²) in [5.41, 5.74) is 2.11. The second-order valence-electron chi connectivity index (χ2n) is 4.34. The van der Waals surface area contributed by atoms with Crippen LogP contribution in [0.5, 0.6) is 0 Å². The molecule has 0 aromatic heterocycles. The first-order valence-electron chi connectivity index (χ1n) is 5.58. The Labute approximate surface area is 102 Å². The van der Waals surface area contributed by atoms with E-state index in [0.717, 1.165) is 11.4 Å². The van der Waals surface area contributed by atoms with Gasteiger partial charge in [0.25, 0.3) is 0 Å². The first kappa shape index (κ1) is 11.1. The van der Waals surface area contributed by atoms with Crippen LogP contribution in [0, 0.1) is 0 Å². The van der Waals surface area contributed by atoms with Crippen molar-refractivity contribution in [3.63, 3.8) is 0 Å². The fourth-order valence-corrected chi connectivity index (χ4v) is 2.25. The van der Waals surface area contributed by atoms with Gasteiger partial charge in [0.2, 0.25) is 0 Å². The van der Waals surface area contributed by atoms with Gasteiger partial charge in [0.1, 0.15) is 5.92 Å². The molecule has 0 amide bonds. The molecule has 0 unspecified atom stereocenters. The van der Waals surface area contributed by atoms with Crippen LogP contribution in [0.2, 0.25) is 0 Å². The molecular formula is C14H10F3N. The summed E-state index contributed by atoms with van der Waals surface area (Å²) in [6.45, 7) is 0. The van der Waals surface area contributed by atoms with E-state index in [0.29, 0.717) is 0 Å². The van der Waals surface area contributed by atoms with Gasteiger partial charge in [-0.1, -0.05) is 24.3 Å². The fourth-order valence-electron chi connectivity index (χ4n) is 2.25. The Morgan fingerprint density at radius 3 is 1.44 bits per heavy atom. The van der Waals surface area contributed by atoms with Gasteiger partial charge in [-0.2, -0.15) is 13.2 Å². The predicted octanol–water partition coefficient (Wildman–Crippen LogP) is 4.44. The topological polar surface area (TPSA) is 12.0 Å². The number of halogens is 3. The maximum Gasteiger partial charge on any atom is 0.399 e. The number of nitrogens with one attached hydrogen (secondary N) is 1. The summed E-state index contributed by atoms with van der Waals surface area (Å²) in [5, 5.41) is 3.13. The molecule has 1 nitrogen and oxygen atoms in total. The quantitative estimate of drug-likeness (QED) is 0.727. The van der Waals surface area contributed by atoms with Crippen molar-refractivity contribution in [3.8, 4) is 0 Å². The fraction of sp³-hybridized carbons (Fsp3) is 0.143. The van der Waals surface area contributed by atoms with E-state index in [1.807, 2.05) is 0 Å². The molecule has 4 aliphatic rings. The van der Waals surface area contributed by atoms with Crippen LogP contribution in [-0.4, -0.2) is 6.18 Å². The second-order valence-corrected chi connectivity index (χ2v) is 4.34. The summed E-state index contributed by atoms with van der Waals surface area (Å²) < 4.78 is 39.6. The van der Waals surface area contributed by atoms with Crippen LogP contribution in [0.25, 0.3) is 0 Å². The Balaban J connectivity index is 2.23. The number of hydrogen-bond acceptors (Lipinski definition) is 1. The molecule has 4 bridgehead atoms. The van der Waals surface area contributed by atoms with E-state index in [4.69, 9.17) is 0 Å². The maximum atomic E-state index is 13.2. The molecule has 92 valence electrons. The Morgan fingerprint density at radius 1 is 0.722 bits per heavy atom. The molecule has 0 fully saturated rings. The molecule has 0 radical (unpaired) electrons. The third-order valence-electron chi connectivity index (χ3n) is 3.10. The van der Waals surface area contributed by atoms with Gasteiger partial charge in [-0.25, -0.2) is 0 Å². The van der Waals surface area contributed by atoms with Gasteiger partial charge in [0, 0.05) is 11.4 Å². The van der Waals surface area contributed by atoms with Gasteiger partial charge in [0.05, 0.1) is 0 Å². The van der Waals surface area contributed by atoms with Crippen molar-refractivity contribution in [1.82, 2.24) is 0 Å². The summed E-state index contributed by atoms with van der Waals surface area (Å²) >= 11 is 0. The van der Waals surface area contributed by atoms with Crippen molar-refractivity contribution in [2.24, 2.45) is 0 Å². The van der Waals surface area contributed by atoms with Crippen molar-refractivity contribution >= 4 is 11.4 Å². The first-order valence-corrected chi connectivity index (χ1v) is 5.58. The molecule has 0 saturated carbocycles. The van der Waals surface area contributed by atoms with Crippen molar-refractivity contribution in [1.29, 1.82) is 0 Å². The standard InChI is InChI=1S/C14H10F3N/c15-14(16,17)13-9-1-5-11(6-2-9)18-12-7-3-10(13)4-8-12/h1-8,13,18H. The summed E-state index contributed by atoms with van der Waals surface area (Å²) in [7, 11) is 0. The van der Waals surface area contributed by atoms with Crippen molar-refractivity contribution in [2.75, 3.05) is 5.32 Å². The lowest BCUT2D eigenvalue weighted by Gasteiger charge is -2.23. The zero-order valence-electron chi connectivity index (χ0n) is 9.33. The molecular weight excluding hydrogens is 239 g/mol. The molecule has 2 aromatic carbocycles. The number of hydrogen-bond donors (Lipinski definition) is 1. The normalized spacial score (nSPS) is 14.6. The molecule has 0 atom stereocenters. The number of benzene rings is 2. The Hall–Kier alpha value is -1.97. The van der Waals surface area contributed by atoms with Gasteiger partial charge in [-0.15, -0.1) is 0 Å². The Bertz CT molecular complexity index is 510. The highest BCUT2D eigenvalue weighted by molar-refractivity contribution is 5.62. The number of anilines is 2. The summed E-state index contributed by atoms with van der Waals surface area (Å²) in [6, 6.07) is 12.8. The Morgan fingerprint density at radius 2 is 1.11 bits per heavy atom. The number of rotatable bonds is 0. The Kier molecular flexibility index (Phi) is 2.33. The van der Waals surface area contributed by atoms with Crippen LogP contribution in [0.15, 0.2) is 48.5 Å². The third-order valence-corrected chi connectivity index (χ3v) is 3.10. The van der Waals surface area contributed by atoms with E-state index < -0.39 is 12.1 Å². The van der Waals surface area contributed by atoms with E-state index in [1.165, 1.54) is 24.3 Å². The molecule has 18 heavy (non-hydrogen) atoms. The SMILES string of the molecule is FC(F)(F)C1c2ccc(cc2)Nc2ccc1cc2. The van der Waals surface area contributed by atoms with Crippen molar-refractivity contribution in [3.05, 3.63) is 59.7 Å². The zero-order chi connectivity index (χ0) is 12.8. The van der Waals surface area contributed by atoms with Crippen LogP contribution in [-0.2, 0) is 0 Å². The molecule has 1 N–H and O–H groups in total. The van der Waals surface area contributed by atoms with Crippen molar-refractivity contribution in [2.45, 2.75) is 12.1 Å². The molecule has 0 aliphatic carbocycles. The molecule has 0 spiro atoms. The molecule has 4 aliphatic heterocycles. The van der Waals surface area contributed by atoms with Gasteiger partial charge >= 0.3 is 6.18 Å². The minimum Gasteiger partial charge on any atom is -0.356 e. The molecule has 4 heterocycles. The monoisotopic (exact) mass is 249 g/mol. The second kappa shape index (κ2) is 3.77. The average molecular weight is 249 g/mol. The highest BCUT2D eigenvalue weighted by Crippen LogP contribution is 2.41. The van der Waals surface area contributed by atoms with Gasteiger partial charge in [0.15, 0.2) is 0 Å². The largest absolute Gasteiger partial charge is 0.399 e. The van der Waals surface area contributed by atoms with Crippen molar-refractivity contribution < 1.29 is 13.2 Å². The summed E-state index contributed by atoms with van der Waals surface area (Å²) in [5.74, 6) is -1.56. The van der Waals surface area contributed by atoms with E-state index in [-0.39, 0.29) is 11.1 Å². The van der Waals surface area contributed by atoms with Gasteiger partial charge in [-0.05, 0) is 35.4 Å². The molecule has 2 aromatic rings. The van der Waals surface area contributed by atoms with E-state index in [2.05, 4.69) is 5.32 Å². The van der Waals surface area contributed by atoms with Crippen LogP contribution < -0.4 is 5.32 Å². The highest BCUT2D eigenvalue weighted by Gasteiger charge is 2.41. The minimum absolute atomic E-state index is 0.266. The lowest BCUT2D eigenvalue weighted by molar-refractivity contribution is -0.141. The van der Waals surface area contributed by atoms with Crippen LogP contribution in [0.3, 0.4) is 0 Å². The van der Waals surface area contributed by atoms with Crippen LogP contribution >= 0.6 is 0 Å². The predicted molar refractivity (Wildman–Crippen MR) is 64.1 cm³/mol. The molecule has 0 saturated heterocycles. The zero-order valence-corrected chi connectivity index (χ0v) is 9.33. The summed E-state index contributed by atoms with van der Waals surface area (Å²) in [6.07, 6.45) is -4.28. The lowest BCUT2D eigenvalue weighted by atomic mass is 9.90. The molecule has 6 rings (SSSR count). The van der Waals surface area contributed by atoms with Crippen LogP contribution in [0.1, 0.15) is 17.0 Å². The van der Waals surface area contributed by atoms with Crippen LogP contribution in [0.4, 0.5) is 24.5 Å². The van der Waals surface area contributed by atoms with Gasteiger partial charge in [-0.3, -0.25) is 0 Å². The minimum atomic E-state index is -4.28. The molecule has 4 heteroatoms. The van der Waals surface area contributed by atoms with E-state index in [9.17, 15) is 13.2 Å². The smallest absolute Gasteiger partial charge is 0.356 e. The average Bonchev–Trinajstić information content (AvgIpc) is 2.35. The highest BCUT2D eigenvalue weighted by atomic mass is 19.4. The van der Waals surface area contributed by atoms with E-state index >= 15 is 0 Å².